The molecule has 0 amide bonds. The van der Waals surface area contributed by atoms with E-state index in [1.165, 1.54) is 0 Å². The number of hydrogen-bond donors (Lipinski definition) is 2. The summed E-state index contributed by atoms with van der Waals surface area (Å²) >= 11 is 0. The van der Waals surface area contributed by atoms with E-state index in [-0.39, 0.29) is 6.04 Å². The van der Waals surface area contributed by atoms with Crippen LogP contribution in [0.15, 0.2) is 36.4 Å². The molecule has 0 saturated carbocycles. The van der Waals surface area contributed by atoms with Gasteiger partial charge >= 0.3 is 0 Å². The Morgan fingerprint density at radius 1 is 1.16 bits per heavy atom. The van der Waals surface area contributed by atoms with Gasteiger partial charge in [-0.05, 0) is 26.3 Å². The highest BCUT2D eigenvalue weighted by atomic mass is 16.5. The van der Waals surface area contributed by atoms with Crippen LogP contribution in [0, 0.1) is 0 Å². The fourth-order valence-corrected chi connectivity index (χ4v) is 2.12. The monoisotopic (exact) mass is 259 g/mol. The first-order valence-electron chi connectivity index (χ1n) is 6.63. The minimum Gasteiger partial charge on any atom is -0.490 e. The van der Waals surface area contributed by atoms with Crippen LogP contribution in [-0.4, -0.2) is 24.9 Å². The third-order valence-electron chi connectivity index (χ3n) is 3.28. The summed E-state index contributed by atoms with van der Waals surface area (Å²) in [6, 6.07) is 12.5. The molecule has 19 heavy (non-hydrogen) atoms. The van der Waals surface area contributed by atoms with E-state index in [1.807, 2.05) is 19.2 Å². The molecular weight excluding hydrogens is 238 g/mol. The molecule has 0 saturated heterocycles. The van der Waals surface area contributed by atoms with E-state index in [0.717, 1.165) is 22.1 Å². The molecule has 3 heteroatoms. The van der Waals surface area contributed by atoms with Crippen LogP contribution < -0.4 is 10.1 Å². The average molecular weight is 259 g/mol. The van der Waals surface area contributed by atoms with Crippen LogP contribution in [0.2, 0.25) is 0 Å². The Labute approximate surface area is 114 Å². The minimum atomic E-state index is -0.475. The number of ether oxygens (including phenoxy) is 1. The summed E-state index contributed by atoms with van der Waals surface area (Å²) in [5, 5.41) is 14.9. The first kappa shape index (κ1) is 13.8. The number of aliphatic hydroxyl groups excluding tert-OH is 1. The lowest BCUT2D eigenvalue weighted by atomic mass is 10.0. The molecule has 2 N–H and O–H groups in total. The SMILES string of the molecule is CNC(C)c1ccc2ccccc2c1OCC(C)O. The molecule has 2 rings (SSSR count). The third-order valence-corrected chi connectivity index (χ3v) is 3.28. The summed E-state index contributed by atoms with van der Waals surface area (Å²) in [5.41, 5.74) is 1.11. The van der Waals surface area contributed by atoms with Gasteiger partial charge in [0.1, 0.15) is 12.4 Å². The Morgan fingerprint density at radius 2 is 1.89 bits per heavy atom. The van der Waals surface area contributed by atoms with E-state index in [9.17, 15) is 5.11 Å². The summed E-state index contributed by atoms with van der Waals surface area (Å²) < 4.78 is 5.84. The van der Waals surface area contributed by atoms with Gasteiger partial charge in [-0.1, -0.05) is 36.4 Å². The van der Waals surface area contributed by atoms with E-state index in [4.69, 9.17) is 4.74 Å². The summed E-state index contributed by atoms with van der Waals surface area (Å²) in [5.74, 6) is 0.862. The van der Waals surface area contributed by atoms with Crippen molar-refractivity contribution in [1.29, 1.82) is 0 Å². The van der Waals surface area contributed by atoms with Crippen LogP contribution in [-0.2, 0) is 0 Å². The molecule has 0 aromatic heterocycles. The highest BCUT2D eigenvalue weighted by Crippen LogP contribution is 2.33. The van der Waals surface area contributed by atoms with Crippen molar-refractivity contribution >= 4 is 10.8 Å². The molecule has 0 aliphatic rings. The van der Waals surface area contributed by atoms with E-state index >= 15 is 0 Å². The van der Waals surface area contributed by atoms with Gasteiger partial charge in [-0.2, -0.15) is 0 Å². The fraction of sp³-hybridized carbons (Fsp3) is 0.375. The molecule has 0 fully saturated rings. The van der Waals surface area contributed by atoms with Crippen molar-refractivity contribution in [1.82, 2.24) is 5.32 Å². The largest absolute Gasteiger partial charge is 0.490 e. The Morgan fingerprint density at radius 3 is 2.58 bits per heavy atom. The summed E-state index contributed by atoms with van der Waals surface area (Å²) in [6.45, 7) is 4.13. The Bertz CT molecular complexity index is 551. The van der Waals surface area contributed by atoms with Crippen molar-refractivity contribution in [3.05, 3.63) is 42.0 Å². The average Bonchev–Trinajstić information content (AvgIpc) is 2.43. The fourth-order valence-electron chi connectivity index (χ4n) is 2.12. The van der Waals surface area contributed by atoms with E-state index in [2.05, 4.69) is 36.5 Å². The Hall–Kier alpha value is -1.58. The van der Waals surface area contributed by atoms with Crippen molar-refractivity contribution in [2.24, 2.45) is 0 Å². The molecule has 2 aromatic carbocycles. The van der Waals surface area contributed by atoms with Crippen molar-refractivity contribution < 1.29 is 9.84 Å². The molecule has 0 radical (unpaired) electrons. The third kappa shape index (κ3) is 3.06. The molecule has 3 nitrogen and oxygen atoms in total. The number of nitrogens with one attached hydrogen (secondary N) is 1. The maximum Gasteiger partial charge on any atom is 0.132 e. The topological polar surface area (TPSA) is 41.5 Å². The molecule has 0 aliphatic heterocycles. The van der Waals surface area contributed by atoms with Crippen LogP contribution >= 0.6 is 0 Å². The van der Waals surface area contributed by atoms with Gasteiger partial charge in [-0.15, -0.1) is 0 Å². The molecule has 0 aliphatic carbocycles. The van der Waals surface area contributed by atoms with Gasteiger partial charge in [-0.3, -0.25) is 0 Å². The molecule has 0 spiro atoms. The number of fused-ring (bicyclic) bond motifs is 1. The van der Waals surface area contributed by atoms with E-state index in [0.29, 0.717) is 6.61 Å². The first-order valence-corrected chi connectivity index (χ1v) is 6.63. The molecule has 102 valence electrons. The quantitative estimate of drug-likeness (QED) is 0.867. The van der Waals surface area contributed by atoms with Gasteiger partial charge in [0.05, 0.1) is 6.10 Å². The van der Waals surface area contributed by atoms with Crippen molar-refractivity contribution in [3.8, 4) is 5.75 Å². The number of rotatable bonds is 5. The predicted molar refractivity (Wildman–Crippen MR) is 78.6 cm³/mol. The summed E-state index contributed by atoms with van der Waals surface area (Å²) in [7, 11) is 1.93. The standard InChI is InChI=1S/C16H21NO2/c1-11(18)10-19-16-14(12(2)17-3)9-8-13-6-4-5-7-15(13)16/h4-9,11-12,17-18H,10H2,1-3H3. The summed E-state index contributed by atoms with van der Waals surface area (Å²) in [4.78, 5) is 0. The molecule has 0 heterocycles. The van der Waals surface area contributed by atoms with Gasteiger partial charge in [0.15, 0.2) is 0 Å². The van der Waals surface area contributed by atoms with Gasteiger partial charge in [-0.25, -0.2) is 0 Å². The Balaban J connectivity index is 2.51. The lowest BCUT2D eigenvalue weighted by Crippen LogP contribution is -2.17. The first-order chi connectivity index (χ1) is 9.13. The van der Waals surface area contributed by atoms with E-state index in [1.54, 1.807) is 6.92 Å². The molecule has 2 aromatic rings. The van der Waals surface area contributed by atoms with Crippen LogP contribution in [0.4, 0.5) is 0 Å². The van der Waals surface area contributed by atoms with Crippen molar-refractivity contribution in [3.63, 3.8) is 0 Å². The van der Waals surface area contributed by atoms with Gasteiger partial charge in [0, 0.05) is 17.0 Å². The zero-order valence-corrected chi connectivity index (χ0v) is 11.7. The maximum absolute atomic E-state index is 9.43. The Kier molecular flexibility index (Phi) is 4.40. The predicted octanol–water partition coefficient (Wildman–Crippen LogP) is 2.88. The second kappa shape index (κ2) is 6.04. The molecular formula is C16H21NO2. The molecule has 0 bridgehead atoms. The molecule has 2 unspecified atom stereocenters. The van der Waals surface area contributed by atoms with Crippen molar-refractivity contribution in [2.75, 3.05) is 13.7 Å². The highest BCUT2D eigenvalue weighted by molar-refractivity contribution is 5.89. The minimum absolute atomic E-state index is 0.202. The lowest BCUT2D eigenvalue weighted by molar-refractivity contribution is 0.123. The van der Waals surface area contributed by atoms with Crippen LogP contribution in [0.5, 0.6) is 5.75 Å². The zero-order valence-electron chi connectivity index (χ0n) is 11.7. The van der Waals surface area contributed by atoms with Crippen LogP contribution in [0.1, 0.15) is 25.5 Å². The highest BCUT2D eigenvalue weighted by Gasteiger charge is 2.14. The summed E-state index contributed by atoms with van der Waals surface area (Å²) in [6.07, 6.45) is -0.475. The smallest absolute Gasteiger partial charge is 0.132 e. The normalized spacial score (nSPS) is 14.3. The number of benzene rings is 2. The maximum atomic E-state index is 9.43. The number of aliphatic hydroxyl groups is 1. The lowest BCUT2D eigenvalue weighted by Gasteiger charge is -2.19. The van der Waals surface area contributed by atoms with Gasteiger partial charge in [0.25, 0.3) is 0 Å². The molecule has 2 atom stereocenters. The van der Waals surface area contributed by atoms with E-state index < -0.39 is 6.10 Å². The van der Waals surface area contributed by atoms with Crippen LogP contribution in [0.3, 0.4) is 0 Å². The second-order valence-electron chi connectivity index (χ2n) is 4.88. The van der Waals surface area contributed by atoms with Crippen molar-refractivity contribution in [2.45, 2.75) is 26.0 Å². The zero-order chi connectivity index (χ0) is 13.8. The van der Waals surface area contributed by atoms with Gasteiger partial charge in [0.2, 0.25) is 0 Å². The second-order valence-corrected chi connectivity index (χ2v) is 4.88. The van der Waals surface area contributed by atoms with Gasteiger partial charge < -0.3 is 15.2 Å². The van der Waals surface area contributed by atoms with Crippen LogP contribution in [0.25, 0.3) is 10.8 Å². The number of hydrogen-bond acceptors (Lipinski definition) is 3.